The number of amides is 1. The van der Waals surface area contributed by atoms with Gasteiger partial charge >= 0.3 is 5.97 Å². The van der Waals surface area contributed by atoms with Crippen LogP contribution in [0.15, 0.2) is 48.6 Å². The van der Waals surface area contributed by atoms with Gasteiger partial charge in [0.15, 0.2) is 0 Å². The van der Waals surface area contributed by atoms with Crippen molar-refractivity contribution in [3.63, 3.8) is 0 Å². The quantitative estimate of drug-likeness (QED) is 0.0213. The Morgan fingerprint density at radius 3 is 1.55 bits per heavy atom. The molecule has 1 amide bonds. The molecule has 0 saturated carbocycles. The van der Waals surface area contributed by atoms with E-state index in [1.807, 2.05) is 33.3 Å². The van der Waals surface area contributed by atoms with E-state index < -0.39 is 26.6 Å². The maximum atomic E-state index is 13.3. The average Bonchev–Trinajstić information content (AvgIpc) is 3.22. The van der Waals surface area contributed by atoms with Crippen molar-refractivity contribution in [3.05, 3.63) is 48.6 Å². The molecule has 362 valence electrons. The first-order valence-electron chi connectivity index (χ1n) is 25.4. The third kappa shape index (κ3) is 43.2. The molecule has 10 heteroatoms. The zero-order valence-corrected chi connectivity index (χ0v) is 42.0. The number of hydrogen-bond acceptors (Lipinski definition) is 7. The van der Waals surface area contributed by atoms with E-state index in [0.29, 0.717) is 23.9 Å². The van der Waals surface area contributed by atoms with Gasteiger partial charge < -0.3 is 28.5 Å². The van der Waals surface area contributed by atoms with Crippen molar-refractivity contribution < 1.29 is 37.3 Å². The van der Waals surface area contributed by atoms with Crippen LogP contribution in [-0.4, -0.2) is 69.4 Å². The van der Waals surface area contributed by atoms with Gasteiger partial charge in [0.05, 0.1) is 33.8 Å². The van der Waals surface area contributed by atoms with Gasteiger partial charge in [-0.1, -0.05) is 185 Å². The van der Waals surface area contributed by atoms with Crippen LogP contribution in [0.25, 0.3) is 0 Å². The lowest BCUT2D eigenvalue weighted by atomic mass is 10.1. The number of ether oxygens (including phenoxy) is 1. The Morgan fingerprint density at radius 1 is 0.565 bits per heavy atom. The van der Waals surface area contributed by atoms with Crippen molar-refractivity contribution in [2.24, 2.45) is 0 Å². The van der Waals surface area contributed by atoms with Gasteiger partial charge in [-0.15, -0.1) is 0 Å². The molecular formula is C52H97N2O7P. The minimum Gasteiger partial charge on any atom is -0.756 e. The van der Waals surface area contributed by atoms with Gasteiger partial charge in [-0.2, -0.15) is 0 Å². The van der Waals surface area contributed by atoms with E-state index in [1.165, 1.54) is 103 Å². The first kappa shape index (κ1) is 60.0. The number of esters is 1. The number of nitrogens with one attached hydrogen (secondary N) is 1. The van der Waals surface area contributed by atoms with Crippen LogP contribution >= 0.6 is 7.82 Å². The summed E-state index contributed by atoms with van der Waals surface area (Å²) in [4.78, 5) is 39.5. The molecule has 0 saturated heterocycles. The molecule has 1 N–H and O–H groups in total. The fourth-order valence-corrected chi connectivity index (χ4v) is 7.69. The summed E-state index contributed by atoms with van der Waals surface area (Å²) in [5.41, 5.74) is 0. The zero-order valence-electron chi connectivity index (χ0n) is 41.1. The van der Waals surface area contributed by atoms with E-state index in [0.717, 1.165) is 70.6 Å². The average molecular weight is 893 g/mol. The summed E-state index contributed by atoms with van der Waals surface area (Å²) in [7, 11) is 1.15. The summed E-state index contributed by atoms with van der Waals surface area (Å²) in [6.45, 7) is 6.72. The van der Waals surface area contributed by atoms with Crippen LogP contribution in [0.5, 0.6) is 0 Å². The first-order valence-corrected chi connectivity index (χ1v) is 26.9. The molecule has 0 fully saturated rings. The van der Waals surface area contributed by atoms with E-state index in [9.17, 15) is 19.0 Å². The summed E-state index contributed by atoms with van der Waals surface area (Å²) >= 11 is 0. The van der Waals surface area contributed by atoms with Crippen LogP contribution in [0.3, 0.4) is 0 Å². The van der Waals surface area contributed by atoms with Crippen LogP contribution < -0.4 is 10.2 Å². The van der Waals surface area contributed by atoms with Gasteiger partial charge in [-0.25, -0.2) is 0 Å². The molecular weight excluding hydrogens is 796 g/mol. The third-order valence-corrected chi connectivity index (χ3v) is 12.0. The minimum atomic E-state index is -4.70. The molecule has 9 nitrogen and oxygen atoms in total. The Labute approximate surface area is 382 Å². The van der Waals surface area contributed by atoms with Gasteiger partial charge in [0.1, 0.15) is 19.3 Å². The minimum absolute atomic E-state index is 0.0330. The molecule has 0 aromatic heterocycles. The van der Waals surface area contributed by atoms with Gasteiger partial charge in [-0.05, 0) is 70.3 Å². The molecule has 0 bridgehead atoms. The second kappa shape index (κ2) is 42.9. The normalized spacial score (nSPS) is 14.4. The van der Waals surface area contributed by atoms with Crippen LogP contribution in [0, 0.1) is 0 Å². The SMILES string of the molecule is CCCC/C=C\CCCCCCCC(=O)OC(/C=C/CCCCCCCCCCCC)C(COP(=O)([O-])OCC[N+](C)(C)C)NC(=O)CC/C=C/C/C=C\CCCCCCCC. The highest BCUT2D eigenvalue weighted by Crippen LogP contribution is 2.38. The van der Waals surface area contributed by atoms with Crippen molar-refractivity contribution in [3.8, 4) is 0 Å². The maximum absolute atomic E-state index is 13.3. The Kier molecular flexibility index (Phi) is 41.5. The fraction of sp³-hybridized carbons (Fsp3) is 0.808. The van der Waals surface area contributed by atoms with Gasteiger partial charge in [0.2, 0.25) is 5.91 Å². The summed E-state index contributed by atoms with van der Waals surface area (Å²) < 4.78 is 30.0. The Morgan fingerprint density at radius 2 is 1.02 bits per heavy atom. The molecule has 3 unspecified atom stereocenters. The van der Waals surface area contributed by atoms with E-state index in [4.69, 9.17) is 13.8 Å². The maximum Gasteiger partial charge on any atom is 0.306 e. The fourth-order valence-electron chi connectivity index (χ4n) is 6.96. The number of rotatable bonds is 45. The monoisotopic (exact) mass is 893 g/mol. The number of phosphoric acid groups is 1. The van der Waals surface area contributed by atoms with Crippen LogP contribution in [-0.2, 0) is 27.9 Å². The number of carbonyl (C=O) groups is 2. The second-order valence-electron chi connectivity index (χ2n) is 18.3. The Balaban J connectivity index is 5.55. The van der Waals surface area contributed by atoms with Crippen LogP contribution in [0.2, 0.25) is 0 Å². The van der Waals surface area contributed by atoms with E-state index in [-0.39, 0.29) is 31.3 Å². The molecule has 0 heterocycles. The van der Waals surface area contributed by atoms with E-state index in [1.54, 1.807) is 6.08 Å². The number of nitrogens with zero attached hydrogens (tertiary/aromatic N) is 1. The predicted octanol–water partition coefficient (Wildman–Crippen LogP) is 14.0. The second-order valence-corrected chi connectivity index (χ2v) is 19.7. The molecule has 0 aromatic carbocycles. The number of hydrogen-bond donors (Lipinski definition) is 1. The van der Waals surface area contributed by atoms with E-state index >= 15 is 0 Å². The highest BCUT2D eigenvalue weighted by Gasteiger charge is 2.27. The van der Waals surface area contributed by atoms with Crippen molar-refractivity contribution in [2.75, 3.05) is 40.9 Å². The molecule has 0 aliphatic rings. The summed E-state index contributed by atoms with van der Waals surface area (Å²) in [5, 5.41) is 2.96. The molecule has 0 radical (unpaired) electrons. The predicted molar refractivity (Wildman–Crippen MR) is 261 cm³/mol. The molecule has 3 atom stereocenters. The smallest absolute Gasteiger partial charge is 0.306 e. The van der Waals surface area contributed by atoms with Gasteiger partial charge in [-0.3, -0.25) is 14.2 Å². The molecule has 0 aromatic rings. The number of allylic oxidation sites excluding steroid dienone is 7. The zero-order chi connectivity index (χ0) is 45.8. The Bertz CT molecular complexity index is 1210. The first-order chi connectivity index (χ1) is 29.9. The number of carbonyl (C=O) groups excluding carboxylic acids is 2. The Hall–Kier alpha value is -2.03. The topological polar surface area (TPSA) is 114 Å². The molecule has 0 spiro atoms. The molecule has 0 aliphatic carbocycles. The van der Waals surface area contributed by atoms with Crippen molar-refractivity contribution >= 4 is 19.7 Å². The molecule has 0 rings (SSSR count). The number of likely N-dealkylation sites (N-methyl/N-ethyl adjacent to an activating group) is 1. The van der Waals surface area contributed by atoms with Crippen LogP contribution in [0.4, 0.5) is 0 Å². The molecule has 0 aliphatic heterocycles. The largest absolute Gasteiger partial charge is 0.756 e. The van der Waals surface area contributed by atoms with Crippen molar-refractivity contribution in [1.82, 2.24) is 5.32 Å². The van der Waals surface area contributed by atoms with E-state index in [2.05, 4.69) is 56.5 Å². The number of unbranched alkanes of at least 4 members (excludes halogenated alkanes) is 23. The summed E-state index contributed by atoms with van der Waals surface area (Å²) in [5.74, 6) is -0.633. The van der Waals surface area contributed by atoms with Gasteiger partial charge in [0, 0.05) is 12.8 Å². The lowest BCUT2D eigenvalue weighted by Crippen LogP contribution is -2.47. The number of phosphoric ester groups is 1. The van der Waals surface area contributed by atoms with Crippen molar-refractivity contribution in [2.45, 2.75) is 232 Å². The third-order valence-electron chi connectivity index (χ3n) is 11.0. The molecule has 62 heavy (non-hydrogen) atoms. The van der Waals surface area contributed by atoms with Gasteiger partial charge in [0.25, 0.3) is 7.82 Å². The summed E-state index contributed by atoms with van der Waals surface area (Å²) in [6.07, 6.45) is 49.5. The van der Waals surface area contributed by atoms with Crippen molar-refractivity contribution in [1.29, 1.82) is 0 Å². The summed E-state index contributed by atoms with van der Waals surface area (Å²) in [6, 6.07) is -0.918. The number of quaternary nitrogens is 1. The van der Waals surface area contributed by atoms with Crippen LogP contribution in [0.1, 0.15) is 220 Å². The highest BCUT2D eigenvalue weighted by molar-refractivity contribution is 7.45. The lowest BCUT2D eigenvalue weighted by Gasteiger charge is -2.30. The standard InChI is InChI=1S/C52H97N2O7P/c1-7-10-13-16-19-22-25-27-30-32-35-38-41-44-51(55)53-49(48-60-62(57,58)59-47-46-54(4,5)6)50(43-40-37-34-31-29-26-23-20-17-14-11-8-2)61-52(56)45-42-39-36-33-28-24-21-18-15-12-9-3/h18,21,27,30,35,38,40,43,49-50H,7-17,19-20,22-26,28-29,31-34,36-37,39,41-42,44-48H2,1-6H3,(H-,53,55,57,58)/b21-18-,30-27-,38-35+,43-40+. The highest BCUT2D eigenvalue weighted by atomic mass is 31.2. The lowest BCUT2D eigenvalue weighted by molar-refractivity contribution is -0.870.